The average Bonchev–Trinajstić information content (AvgIpc) is 3.56. The Morgan fingerprint density at radius 2 is 2.00 bits per heavy atom. The molecule has 0 saturated heterocycles. The summed E-state index contributed by atoms with van der Waals surface area (Å²) in [6, 6.07) is 8.85. The zero-order chi connectivity index (χ0) is 21.3. The van der Waals surface area contributed by atoms with Crippen LogP contribution in [-0.2, 0) is 0 Å². The third-order valence-electron chi connectivity index (χ3n) is 5.08. The van der Waals surface area contributed by atoms with Gasteiger partial charge in [-0.3, -0.25) is 4.99 Å². The Morgan fingerprint density at radius 3 is 2.70 bits per heavy atom. The molecule has 1 aromatic carbocycles. The number of hydrogen-bond acceptors (Lipinski definition) is 5. The Morgan fingerprint density at radius 1 is 1.23 bits per heavy atom. The number of allylic oxidation sites excluding steroid dienone is 1. The van der Waals surface area contributed by atoms with E-state index in [1.807, 2.05) is 19.2 Å². The van der Waals surface area contributed by atoms with Gasteiger partial charge in [-0.25, -0.2) is 14.4 Å². The van der Waals surface area contributed by atoms with Crippen molar-refractivity contribution in [2.24, 2.45) is 10.9 Å². The van der Waals surface area contributed by atoms with E-state index in [1.165, 1.54) is 25.0 Å². The van der Waals surface area contributed by atoms with Crippen LogP contribution >= 0.6 is 0 Å². The minimum atomic E-state index is -0.256. The van der Waals surface area contributed by atoms with E-state index in [4.69, 9.17) is 4.99 Å². The lowest BCUT2D eigenvalue weighted by Crippen LogP contribution is -2.18. The molecule has 0 bridgehead atoms. The molecule has 30 heavy (non-hydrogen) atoms. The number of aliphatic imine (C=N–C) groups is 1. The second kappa shape index (κ2) is 11.0. The van der Waals surface area contributed by atoms with Gasteiger partial charge < -0.3 is 10.6 Å². The molecule has 6 heteroatoms. The summed E-state index contributed by atoms with van der Waals surface area (Å²) in [7, 11) is 0. The second-order valence-corrected chi connectivity index (χ2v) is 7.96. The van der Waals surface area contributed by atoms with E-state index in [9.17, 15) is 4.39 Å². The third kappa shape index (κ3) is 6.73. The van der Waals surface area contributed by atoms with Crippen LogP contribution in [0.4, 0.5) is 10.3 Å². The molecule has 2 aromatic rings. The summed E-state index contributed by atoms with van der Waals surface area (Å²) in [6.45, 7) is 8.34. The Kier molecular flexibility index (Phi) is 8.08. The monoisotopic (exact) mass is 409 g/mol. The third-order valence-corrected chi connectivity index (χ3v) is 5.08. The Labute approximate surface area is 179 Å². The predicted octanol–water partition coefficient (Wildman–Crippen LogP) is 5.17. The van der Waals surface area contributed by atoms with Crippen LogP contribution < -0.4 is 10.6 Å². The topological polar surface area (TPSA) is 62.2 Å². The molecule has 0 spiro atoms. The van der Waals surface area contributed by atoms with Gasteiger partial charge in [0.1, 0.15) is 5.82 Å². The van der Waals surface area contributed by atoms with E-state index >= 15 is 0 Å². The molecule has 0 amide bonds. The van der Waals surface area contributed by atoms with E-state index in [1.54, 1.807) is 18.3 Å². The quantitative estimate of drug-likeness (QED) is 0.397. The summed E-state index contributed by atoms with van der Waals surface area (Å²) < 4.78 is 13.5. The van der Waals surface area contributed by atoms with Crippen LogP contribution in [0, 0.1) is 11.7 Å². The fourth-order valence-corrected chi connectivity index (χ4v) is 3.07. The van der Waals surface area contributed by atoms with Gasteiger partial charge in [0.2, 0.25) is 5.95 Å². The molecule has 5 nitrogen and oxygen atoms in total. The second-order valence-electron chi connectivity index (χ2n) is 7.96. The molecular weight excluding hydrogens is 377 g/mol. The molecule has 1 aliphatic rings. The molecule has 2 N–H and O–H groups in total. The largest absolute Gasteiger partial charge is 0.351 e. The lowest BCUT2D eigenvalue weighted by atomic mass is 10.0. The molecule has 0 radical (unpaired) electrons. The van der Waals surface area contributed by atoms with Crippen molar-refractivity contribution in [2.45, 2.75) is 52.5 Å². The van der Waals surface area contributed by atoms with Gasteiger partial charge in [0.05, 0.1) is 11.4 Å². The molecule has 1 atom stereocenters. The molecule has 1 fully saturated rings. The molecule has 1 heterocycles. The minimum absolute atomic E-state index is 0.256. The highest BCUT2D eigenvalue weighted by atomic mass is 19.1. The van der Waals surface area contributed by atoms with Gasteiger partial charge in [-0.1, -0.05) is 13.8 Å². The number of aromatic nitrogens is 2. The van der Waals surface area contributed by atoms with Crippen LogP contribution in [0.5, 0.6) is 0 Å². The predicted molar refractivity (Wildman–Crippen MR) is 123 cm³/mol. The lowest BCUT2D eigenvalue weighted by Gasteiger charge is -2.12. The van der Waals surface area contributed by atoms with E-state index in [0.29, 0.717) is 17.9 Å². The first-order chi connectivity index (χ1) is 14.6. The zero-order valence-corrected chi connectivity index (χ0v) is 18.2. The number of rotatable bonds is 11. The van der Waals surface area contributed by atoms with Gasteiger partial charge in [0, 0.05) is 29.6 Å². The van der Waals surface area contributed by atoms with Crippen molar-refractivity contribution in [3.05, 3.63) is 53.6 Å². The van der Waals surface area contributed by atoms with Gasteiger partial charge in [-0.05, 0) is 81.9 Å². The average molecular weight is 410 g/mol. The van der Waals surface area contributed by atoms with Crippen molar-refractivity contribution in [3.8, 4) is 0 Å². The standard InChI is InChI=1S/C24H32FN5/c1-4-13-26-14-11-17(2)16-28-23(19-5-7-20(25)8-6-19)18(3)22-12-15-27-24(30-22)29-21-9-10-21/h5-8,12,15-17,21,26H,4,9-11,13-14H2,1-3H3,(H,27,29,30)/b23-18+,28-16?. The minimum Gasteiger partial charge on any atom is -0.351 e. The molecular formula is C24H32FN5. The van der Waals surface area contributed by atoms with Gasteiger partial charge >= 0.3 is 0 Å². The van der Waals surface area contributed by atoms with E-state index in [-0.39, 0.29) is 5.82 Å². The van der Waals surface area contributed by atoms with Gasteiger partial charge in [-0.2, -0.15) is 0 Å². The maximum absolute atomic E-state index is 13.5. The lowest BCUT2D eigenvalue weighted by molar-refractivity contribution is 0.595. The summed E-state index contributed by atoms with van der Waals surface area (Å²) in [5.74, 6) is 0.718. The van der Waals surface area contributed by atoms with E-state index in [2.05, 4.69) is 34.4 Å². The maximum atomic E-state index is 13.5. The van der Waals surface area contributed by atoms with Crippen molar-refractivity contribution in [1.29, 1.82) is 0 Å². The smallest absolute Gasteiger partial charge is 0.223 e. The molecule has 1 aromatic heterocycles. The zero-order valence-electron chi connectivity index (χ0n) is 18.2. The summed E-state index contributed by atoms with van der Waals surface area (Å²) in [6.07, 6.45) is 8.24. The summed E-state index contributed by atoms with van der Waals surface area (Å²) in [5.41, 5.74) is 3.44. The molecule has 3 rings (SSSR count). The van der Waals surface area contributed by atoms with Crippen LogP contribution in [-0.4, -0.2) is 35.3 Å². The fraction of sp³-hybridized carbons (Fsp3) is 0.458. The molecule has 160 valence electrons. The summed E-state index contributed by atoms with van der Waals surface area (Å²) >= 11 is 0. The van der Waals surface area contributed by atoms with Crippen LogP contribution in [0.2, 0.25) is 0 Å². The molecule has 1 unspecified atom stereocenters. The summed E-state index contributed by atoms with van der Waals surface area (Å²) in [5, 5.41) is 6.77. The van der Waals surface area contributed by atoms with Crippen molar-refractivity contribution in [3.63, 3.8) is 0 Å². The molecule has 1 saturated carbocycles. The number of nitrogens with zero attached hydrogens (tertiary/aromatic N) is 3. The fourth-order valence-electron chi connectivity index (χ4n) is 3.07. The highest BCUT2D eigenvalue weighted by Gasteiger charge is 2.22. The first kappa shape index (κ1) is 22.1. The highest BCUT2D eigenvalue weighted by Crippen LogP contribution is 2.28. The van der Waals surface area contributed by atoms with Crippen molar-refractivity contribution < 1.29 is 4.39 Å². The number of hydrogen-bond donors (Lipinski definition) is 2. The number of halogens is 1. The molecule has 0 aliphatic heterocycles. The van der Waals surface area contributed by atoms with Gasteiger partial charge in [-0.15, -0.1) is 0 Å². The van der Waals surface area contributed by atoms with Gasteiger partial charge in [0.25, 0.3) is 0 Å². The SMILES string of the molecule is CCCNCCC(C)C=N/C(=C(\C)c1ccnc(NC2CC2)n1)c1ccc(F)cc1. The first-order valence-electron chi connectivity index (χ1n) is 10.9. The number of anilines is 1. The highest BCUT2D eigenvalue weighted by molar-refractivity contribution is 5.91. The normalized spacial score (nSPS) is 15.9. The van der Waals surface area contributed by atoms with Crippen LogP contribution in [0.1, 0.15) is 57.7 Å². The maximum Gasteiger partial charge on any atom is 0.223 e. The summed E-state index contributed by atoms with van der Waals surface area (Å²) in [4.78, 5) is 13.8. The molecule has 1 aliphatic carbocycles. The Hall–Kier alpha value is -2.60. The van der Waals surface area contributed by atoms with Crippen molar-refractivity contribution in [2.75, 3.05) is 18.4 Å². The van der Waals surface area contributed by atoms with Crippen molar-refractivity contribution in [1.82, 2.24) is 15.3 Å². The van der Waals surface area contributed by atoms with Crippen LogP contribution in [0.3, 0.4) is 0 Å². The number of nitrogens with one attached hydrogen (secondary N) is 2. The number of benzene rings is 1. The van der Waals surface area contributed by atoms with E-state index in [0.717, 1.165) is 48.5 Å². The van der Waals surface area contributed by atoms with Crippen LogP contribution in [0.25, 0.3) is 11.3 Å². The van der Waals surface area contributed by atoms with Crippen molar-refractivity contribution >= 4 is 23.4 Å². The van der Waals surface area contributed by atoms with Gasteiger partial charge in [0.15, 0.2) is 0 Å². The van der Waals surface area contributed by atoms with E-state index < -0.39 is 0 Å². The Bertz CT molecular complexity index is 871. The first-order valence-corrected chi connectivity index (χ1v) is 10.9. The Balaban J connectivity index is 1.84. The van der Waals surface area contributed by atoms with Crippen LogP contribution in [0.15, 0.2) is 41.5 Å².